The fourth-order valence-corrected chi connectivity index (χ4v) is 4.02. The third kappa shape index (κ3) is 3.62. The number of hydrogen-bond donors (Lipinski definition) is 2. The second-order valence-electron chi connectivity index (χ2n) is 7.52. The van der Waals surface area contributed by atoms with Crippen LogP contribution in [-0.2, 0) is 11.2 Å². The van der Waals surface area contributed by atoms with Crippen molar-refractivity contribution in [3.8, 4) is 0 Å². The number of aryl methyl sites for hydroxylation is 2. The second-order valence-corrected chi connectivity index (χ2v) is 7.52. The number of aromatic amines is 1. The summed E-state index contributed by atoms with van der Waals surface area (Å²) in [7, 11) is 0. The second kappa shape index (κ2) is 7.02. The minimum atomic E-state index is -0.162. The summed E-state index contributed by atoms with van der Waals surface area (Å²) in [5.74, 6) is 1.30. The van der Waals surface area contributed by atoms with Crippen molar-refractivity contribution in [1.29, 1.82) is 0 Å². The normalized spacial score (nSPS) is 23.8. The molecule has 1 fully saturated rings. The molecule has 2 heterocycles. The van der Waals surface area contributed by atoms with Gasteiger partial charge in [-0.1, -0.05) is 26.7 Å². The van der Waals surface area contributed by atoms with Crippen LogP contribution in [0.1, 0.15) is 56.5 Å². The zero-order valence-corrected chi connectivity index (χ0v) is 15.6. The van der Waals surface area contributed by atoms with Gasteiger partial charge in [0.15, 0.2) is 5.65 Å². The first-order valence-corrected chi connectivity index (χ1v) is 9.24. The Morgan fingerprint density at radius 2 is 2.12 bits per heavy atom. The van der Waals surface area contributed by atoms with Crippen molar-refractivity contribution in [2.75, 3.05) is 0 Å². The molecule has 25 heavy (non-hydrogen) atoms. The van der Waals surface area contributed by atoms with Crippen LogP contribution in [0, 0.1) is 25.7 Å². The average Bonchev–Trinajstić information content (AvgIpc) is 2.92. The summed E-state index contributed by atoms with van der Waals surface area (Å²) >= 11 is 0. The van der Waals surface area contributed by atoms with E-state index in [1.807, 2.05) is 13.8 Å². The SMILES string of the molecule is Cc1nc2cc(=O)[nH]n2c(C)c1CCC(=O)NC1CCCC(C)C1C. The van der Waals surface area contributed by atoms with E-state index in [0.29, 0.717) is 36.4 Å². The van der Waals surface area contributed by atoms with Crippen LogP contribution in [0.3, 0.4) is 0 Å². The predicted octanol–water partition coefficient (Wildman–Crippen LogP) is 2.51. The molecular weight excluding hydrogens is 316 g/mol. The summed E-state index contributed by atoms with van der Waals surface area (Å²) in [4.78, 5) is 28.4. The maximum absolute atomic E-state index is 12.4. The summed E-state index contributed by atoms with van der Waals surface area (Å²) in [6, 6.07) is 1.78. The summed E-state index contributed by atoms with van der Waals surface area (Å²) in [6.45, 7) is 8.40. The first kappa shape index (κ1) is 17.7. The number of nitrogens with one attached hydrogen (secondary N) is 2. The number of carbonyl (C=O) groups excluding carboxylic acids is 1. The van der Waals surface area contributed by atoms with Gasteiger partial charge in [0.05, 0.1) is 0 Å². The Labute approximate surface area is 148 Å². The monoisotopic (exact) mass is 344 g/mol. The van der Waals surface area contributed by atoms with Crippen molar-refractivity contribution in [3.05, 3.63) is 33.4 Å². The molecule has 0 saturated heterocycles. The fourth-order valence-electron chi connectivity index (χ4n) is 4.02. The molecule has 1 saturated carbocycles. The van der Waals surface area contributed by atoms with Crippen molar-refractivity contribution in [2.24, 2.45) is 11.8 Å². The maximum Gasteiger partial charge on any atom is 0.266 e. The summed E-state index contributed by atoms with van der Waals surface area (Å²) < 4.78 is 1.70. The summed E-state index contributed by atoms with van der Waals surface area (Å²) in [5, 5.41) is 5.98. The highest BCUT2D eigenvalue weighted by molar-refractivity contribution is 5.76. The highest BCUT2D eigenvalue weighted by Gasteiger charge is 2.28. The molecule has 0 radical (unpaired) electrons. The number of fused-ring (bicyclic) bond motifs is 1. The topological polar surface area (TPSA) is 79.3 Å². The number of nitrogens with zero attached hydrogens (tertiary/aromatic N) is 2. The molecule has 6 heteroatoms. The standard InChI is InChI=1S/C19H28N4O2/c1-11-6-5-7-16(12(11)2)21-18(24)9-8-15-13(3)20-17-10-19(25)22-23(17)14(15)4/h10-12,16H,5-9H2,1-4H3,(H,21,24)(H,22,25). The van der Waals surface area contributed by atoms with Gasteiger partial charge in [0.1, 0.15) is 0 Å². The van der Waals surface area contributed by atoms with Crippen LogP contribution >= 0.6 is 0 Å². The van der Waals surface area contributed by atoms with Crippen LogP contribution in [0.5, 0.6) is 0 Å². The molecule has 1 aliphatic rings. The number of amides is 1. The van der Waals surface area contributed by atoms with Gasteiger partial charge in [-0.05, 0) is 44.1 Å². The number of H-pyrrole nitrogens is 1. The van der Waals surface area contributed by atoms with E-state index in [0.717, 1.165) is 23.4 Å². The van der Waals surface area contributed by atoms with Crippen LogP contribution in [0.25, 0.3) is 5.65 Å². The third-order valence-corrected chi connectivity index (χ3v) is 5.86. The van der Waals surface area contributed by atoms with E-state index < -0.39 is 0 Å². The van der Waals surface area contributed by atoms with Crippen molar-refractivity contribution >= 4 is 11.6 Å². The lowest BCUT2D eigenvalue weighted by Crippen LogP contribution is -2.43. The highest BCUT2D eigenvalue weighted by atomic mass is 16.1. The molecule has 6 nitrogen and oxygen atoms in total. The van der Waals surface area contributed by atoms with E-state index in [2.05, 4.69) is 29.2 Å². The van der Waals surface area contributed by atoms with Gasteiger partial charge < -0.3 is 5.32 Å². The third-order valence-electron chi connectivity index (χ3n) is 5.86. The van der Waals surface area contributed by atoms with Gasteiger partial charge in [-0.15, -0.1) is 0 Å². The van der Waals surface area contributed by atoms with Gasteiger partial charge in [-0.25, -0.2) is 9.50 Å². The Balaban J connectivity index is 1.68. The molecule has 2 N–H and O–H groups in total. The first-order valence-electron chi connectivity index (χ1n) is 9.24. The van der Waals surface area contributed by atoms with Gasteiger partial charge in [-0.3, -0.25) is 14.7 Å². The fraction of sp³-hybridized carbons (Fsp3) is 0.632. The molecule has 3 unspecified atom stereocenters. The van der Waals surface area contributed by atoms with Crippen molar-refractivity contribution in [1.82, 2.24) is 19.9 Å². The Hall–Kier alpha value is -2.11. The van der Waals surface area contributed by atoms with E-state index in [1.165, 1.54) is 18.9 Å². The molecule has 2 aromatic rings. The average molecular weight is 344 g/mol. The zero-order valence-electron chi connectivity index (χ0n) is 15.6. The zero-order chi connectivity index (χ0) is 18.1. The Morgan fingerprint density at radius 3 is 2.88 bits per heavy atom. The smallest absolute Gasteiger partial charge is 0.266 e. The van der Waals surface area contributed by atoms with Crippen molar-refractivity contribution in [2.45, 2.75) is 65.8 Å². The lowest BCUT2D eigenvalue weighted by atomic mass is 9.78. The summed E-state index contributed by atoms with van der Waals surface area (Å²) in [6.07, 6.45) is 4.59. The Kier molecular flexibility index (Phi) is 4.97. The molecule has 3 rings (SSSR count). The van der Waals surface area contributed by atoms with E-state index >= 15 is 0 Å². The molecule has 0 spiro atoms. The number of aromatic nitrogens is 3. The summed E-state index contributed by atoms with van der Waals surface area (Å²) in [5.41, 5.74) is 3.31. The molecule has 3 atom stereocenters. The molecule has 136 valence electrons. The molecule has 0 aromatic carbocycles. The van der Waals surface area contributed by atoms with E-state index in [9.17, 15) is 9.59 Å². The van der Waals surface area contributed by atoms with Crippen LogP contribution in [-0.4, -0.2) is 26.5 Å². The van der Waals surface area contributed by atoms with Gasteiger partial charge >= 0.3 is 0 Å². The van der Waals surface area contributed by atoms with Crippen LogP contribution < -0.4 is 10.9 Å². The predicted molar refractivity (Wildman–Crippen MR) is 97.7 cm³/mol. The minimum absolute atomic E-state index is 0.103. The highest BCUT2D eigenvalue weighted by Crippen LogP contribution is 2.29. The number of carbonyl (C=O) groups is 1. The largest absolute Gasteiger partial charge is 0.353 e. The minimum Gasteiger partial charge on any atom is -0.353 e. The maximum atomic E-state index is 12.4. The molecule has 1 aliphatic carbocycles. The molecule has 0 aliphatic heterocycles. The Bertz CT molecular complexity index is 836. The number of hydrogen-bond acceptors (Lipinski definition) is 3. The van der Waals surface area contributed by atoms with Crippen LogP contribution in [0.15, 0.2) is 10.9 Å². The first-order chi connectivity index (χ1) is 11.9. The van der Waals surface area contributed by atoms with Gasteiger partial charge in [-0.2, -0.15) is 0 Å². The molecule has 1 amide bonds. The van der Waals surface area contributed by atoms with Crippen molar-refractivity contribution in [3.63, 3.8) is 0 Å². The van der Waals surface area contributed by atoms with Gasteiger partial charge in [0.2, 0.25) is 5.91 Å². The molecular formula is C19H28N4O2. The lowest BCUT2D eigenvalue weighted by molar-refractivity contribution is -0.122. The lowest BCUT2D eigenvalue weighted by Gasteiger charge is -2.34. The van der Waals surface area contributed by atoms with Crippen LogP contribution in [0.4, 0.5) is 0 Å². The van der Waals surface area contributed by atoms with Gasteiger partial charge in [0, 0.05) is 29.9 Å². The Morgan fingerprint density at radius 1 is 1.36 bits per heavy atom. The van der Waals surface area contributed by atoms with E-state index in [1.54, 1.807) is 4.52 Å². The molecule has 0 bridgehead atoms. The van der Waals surface area contributed by atoms with Crippen LogP contribution in [0.2, 0.25) is 0 Å². The number of rotatable bonds is 4. The van der Waals surface area contributed by atoms with Gasteiger partial charge in [0.25, 0.3) is 5.56 Å². The van der Waals surface area contributed by atoms with E-state index in [4.69, 9.17) is 0 Å². The quantitative estimate of drug-likeness (QED) is 0.894. The molecule has 2 aromatic heterocycles. The van der Waals surface area contributed by atoms with E-state index in [-0.39, 0.29) is 11.5 Å². The van der Waals surface area contributed by atoms with Crippen molar-refractivity contribution < 1.29 is 4.79 Å².